The Morgan fingerprint density at radius 1 is 0.792 bits per heavy atom. The molecule has 1 aliphatic heterocycles. The van der Waals surface area contributed by atoms with Crippen LogP contribution in [0.4, 0.5) is 17.1 Å². The Bertz CT molecular complexity index is 1520. The van der Waals surface area contributed by atoms with Crippen molar-refractivity contribution in [3.05, 3.63) is 89.5 Å². The lowest BCUT2D eigenvalue weighted by Crippen LogP contribution is -2.29. The number of nitrogens with two attached hydrogens (primary N) is 1. The maximum Gasteiger partial charge on any atom is 0.170 e. The number of aliphatic hydroxyl groups excluding tert-OH is 2. The minimum absolute atomic E-state index is 0.0920. The molecule has 0 radical (unpaired) electrons. The van der Waals surface area contributed by atoms with Crippen molar-refractivity contribution < 1.29 is 20.2 Å². The number of hydrogen-bond acceptors (Lipinski definition) is 8. The van der Waals surface area contributed by atoms with Gasteiger partial charge in [0.1, 0.15) is 12.4 Å². The highest BCUT2D eigenvalue weighted by atomic mass is 16.5. The van der Waals surface area contributed by atoms with Gasteiger partial charge in [0.05, 0.1) is 6.61 Å². The van der Waals surface area contributed by atoms with Gasteiger partial charge < -0.3 is 40.6 Å². The smallest absolute Gasteiger partial charge is 0.170 e. The van der Waals surface area contributed by atoms with Crippen LogP contribution in [-0.2, 0) is 13.0 Å². The molecule has 0 spiro atoms. The standard InChI is InChI=1S/C43H63N5O3.CH4O/c1-5-7-9-10-11-12-13-14-17-36-18-19-37(43(44)45-50)32-42(36)46(4)34(3)35-20-23-40(24-21-35)51-33-38-31-39(47-27-15-16-28-47)22-25-41(38)48(29-30-49)26-8-6-2;1-2/h18-25,31-32,49-50H,3,5-17,26-30,33H2,1-2,4H3,(H2,44,45);2H,1H3. The summed E-state index contributed by atoms with van der Waals surface area (Å²) in [6.45, 7) is 13.2. The lowest BCUT2D eigenvalue weighted by Gasteiger charge is -2.28. The molecule has 0 bridgehead atoms. The van der Waals surface area contributed by atoms with E-state index in [-0.39, 0.29) is 12.4 Å². The van der Waals surface area contributed by atoms with Crippen molar-refractivity contribution in [2.24, 2.45) is 10.9 Å². The molecule has 0 aliphatic carbocycles. The van der Waals surface area contributed by atoms with Crippen LogP contribution >= 0.6 is 0 Å². The lowest BCUT2D eigenvalue weighted by atomic mass is 10.00. The molecule has 3 aromatic rings. The summed E-state index contributed by atoms with van der Waals surface area (Å²) >= 11 is 0. The molecule has 1 fully saturated rings. The quantitative estimate of drug-likeness (QED) is 0.0251. The predicted molar refractivity (Wildman–Crippen MR) is 224 cm³/mol. The number of anilines is 3. The maximum atomic E-state index is 9.85. The molecule has 1 saturated heterocycles. The Hall–Kier alpha value is -4.21. The molecule has 9 nitrogen and oxygen atoms in total. The highest BCUT2D eigenvalue weighted by Gasteiger charge is 2.18. The topological polar surface area (TPSA) is 118 Å². The third kappa shape index (κ3) is 13.3. The Balaban J connectivity index is 0.00000372. The van der Waals surface area contributed by atoms with Gasteiger partial charge >= 0.3 is 0 Å². The van der Waals surface area contributed by atoms with Crippen molar-refractivity contribution in [1.82, 2.24) is 0 Å². The fourth-order valence-corrected chi connectivity index (χ4v) is 6.99. The van der Waals surface area contributed by atoms with Crippen molar-refractivity contribution >= 4 is 28.6 Å². The minimum Gasteiger partial charge on any atom is -0.489 e. The van der Waals surface area contributed by atoms with E-state index in [0.717, 1.165) is 86.4 Å². The Morgan fingerprint density at radius 3 is 2.08 bits per heavy atom. The highest BCUT2D eigenvalue weighted by molar-refractivity contribution is 5.98. The van der Waals surface area contributed by atoms with Crippen LogP contribution in [0.2, 0.25) is 0 Å². The number of rotatable bonds is 23. The number of aryl methyl sites for hydroxylation is 1. The van der Waals surface area contributed by atoms with Crippen molar-refractivity contribution in [3.63, 3.8) is 0 Å². The van der Waals surface area contributed by atoms with E-state index in [9.17, 15) is 10.3 Å². The van der Waals surface area contributed by atoms with Crippen LogP contribution in [0.3, 0.4) is 0 Å². The fourth-order valence-electron chi connectivity index (χ4n) is 6.99. The molecule has 1 aliphatic rings. The van der Waals surface area contributed by atoms with Crippen LogP contribution in [-0.4, -0.2) is 68.2 Å². The van der Waals surface area contributed by atoms with Gasteiger partial charge in [0.15, 0.2) is 5.84 Å². The van der Waals surface area contributed by atoms with Gasteiger partial charge in [-0.05, 0) is 91.8 Å². The monoisotopic (exact) mass is 730 g/mol. The summed E-state index contributed by atoms with van der Waals surface area (Å²) < 4.78 is 6.43. The van der Waals surface area contributed by atoms with E-state index in [2.05, 4.69) is 76.7 Å². The zero-order chi connectivity index (χ0) is 38.4. The number of benzene rings is 3. The number of amidine groups is 1. The molecule has 53 heavy (non-hydrogen) atoms. The Kier molecular flexibility index (Phi) is 19.7. The van der Waals surface area contributed by atoms with Crippen LogP contribution < -0.4 is 25.2 Å². The van der Waals surface area contributed by atoms with E-state index in [1.54, 1.807) is 0 Å². The summed E-state index contributed by atoms with van der Waals surface area (Å²) in [6.07, 6.45) is 15.8. The van der Waals surface area contributed by atoms with Crippen LogP contribution in [0, 0.1) is 0 Å². The average molecular weight is 730 g/mol. The van der Waals surface area contributed by atoms with Gasteiger partial charge in [-0.25, -0.2) is 0 Å². The Morgan fingerprint density at radius 2 is 1.43 bits per heavy atom. The summed E-state index contributed by atoms with van der Waals surface area (Å²) in [4.78, 5) is 6.84. The molecule has 1 heterocycles. The molecule has 0 aromatic heterocycles. The molecule has 0 amide bonds. The van der Waals surface area contributed by atoms with Gasteiger partial charge in [-0.3, -0.25) is 0 Å². The van der Waals surface area contributed by atoms with Crippen molar-refractivity contribution in [1.29, 1.82) is 0 Å². The third-order valence-corrected chi connectivity index (χ3v) is 10.2. The molecule has 5 N–H and O–H groups in total. The second-order valence-electron chi connectivity index (χ2n) is 13.9. The molecule has 0 atom stereocenters. The van der Waals surface area contributed by atoms with E-state index in [0.29, 0.717) is 18.7 Å². The molecule has 3 aromatic carbocycles. The zero-order valence-corrected chi connectivity index (χ0v) is 33.0. The first kappa shape index (κ1) is 43.2. The number of ether oxygens (including phenoxy) is 1. The van der Waals surface area contributed by atoms with Gasteiger partial charge in [-0.15, -0.1) is 0 Å². The SMILES string of the molecule is C=C(c1ccc(OCc2cc(N3CCCC3)ccc2N(CCO)CCCC)cc1)N(C)c1cc(/C(N)=N/O)ccc1CCCCCCCCCC.CO. The Labute approximate surface area is 319 Å². The van der Waals surface area contributed by atoms with Crippen LogP contribution in [0.5, 0.6) is 5.75 Å². The highest BCUT2D eigenvalue weighted by Crippen LogP contribution is 2.32. The summed E-state index contributed by atoms with van der Waals surface area (Å²) in [5.41, 5.74) is 14.3. The molecule has 292 valence electrons. The first-order chi connectivity index (χ1) is 25.9. The molecule has 4 rings (SSSR count). The van der Waals surface area contributed by atoms with Crippen molar-refractivity contribution in [3.8, 4) is 5.75 Å². The number of hydrogen-bond donors (Lipinski definition) is 4. The fraction of sp³-hybridized carbons (Fsp3) is 0.523. The minimum atomic E-state index is 0.0920. The predicted octanol–water partition coefficient (Wildman–Crippen LogP) is 8.96. The molecular weight excluding hydrogens is 663 g/mol. The van der Waals surface area contributed by atoms with E-state index < -0.39 is 0 Å². The summed E-state index contributed by atoms with van der Waals surface area (Å²) in [6, 6.07) is 20.9. The van der Waals surface area contributed by atoms with Gasteiger partial charge in [0.25, 0.3) is 0 Å². The first-order valence-corrected chi connectivity index (χ1v) is 19.8. The van der Waals surface area contributed by atoms with Crippen LogP contribution in [0.25, 0.3) is 5.70 Å². The molecular formula is C44H67N5O4. The largest absolute Gasteiger partial charge is 0.489 e. The lowest BCUT2D eigenvalue weighted by molar-refractivity contribution is 0.298. The van der Waals surface area contributed by atoms with E-state index in [1.165, 1.54) is 69.0 Å². The second-order valence-corrected chi connectivity index (χ2v) is 13.9. The number of aliphatic hydroxyl groups is 2. The molecule has 0 unspecified atom stereocenters. The normalized spacial score (nSPS) is 12.7. The van der Waals surface area contributed by atoms with Crippen LogP contribution in [0.1, 0.15) is 113 Å². The zero-order valence-electron chi connectivity index (χ0n) is 33.0. The van der Waals surface area contributed by atoms with Crippen molar-refractivity contribution in [2.45, 2.75) is 104 Å². The third-order valence-electron chi connectivity index (χ3n) is 10.2. The number of unbranched alkanes of at least 4 members (excludes halogenated alkanes) is 8. The maximum absolute atomic E-state index is 9.85. The summed E-state index contributed by atoms with van der Waals surface area (Å²) in [5, 5.41) is 29.5. The van der Waals surface area contributed by atoms with Gasteiger partial charge in [-0.1, -0.05) is 89.1 Å². The summed E-state index contributed by atoms with van der Waals surface area (Å²) in [5.74, 6) is 0.882. The van der Waals surface area contributed by atoms with Gasteiger partial charge in [0.2, 0.25) is 0 Å². The molecule has 0 saturated carbocycles. The van der Waals surface area contributed by atoms with E-state index >= 15 is 0 Å². The van der Waals surface area contributed by atoms with E-state index in [4.69, 9.17) is 15.6 Å². The van der Waals surface area contributed by atoms with Gasteiger partial charge in [0, 0.05) is 74.2 Å². The van der Waals surface area contributed by atoms with E-state index in [1.807, 2.05) is 31.3 Å². The number of nitrogens with zero attached hydrogens (tertiary/aromatic N) is 4. The second kappa shape index (κ2) is 24.2. The first-order valence-electron chi connectivity index (χ1n) is 19.8. The van der Waals surface area contributed by atoms with Gasteiger partial charge in [-0.2, -0.15) is 0 Å². The van der Waals surface area contributed by atoms with Crippen molar-refractivity contribution in [2.75, 3.05) is 61.6 Å². The van der Waals surface area contributed by atoms with Crippen LogP contribution in [0.15, 0.2) is 72.4 Å². The average Bonchev–Trinajstić information content (AvgIpc) is 3.75. The summed E-state index contributed by atoms with van der Waals surface area (Å²) in [7, 11) is 3.03. The number of oxime groups is 1. The molecule has 9 heteroatoms.